The van der Waals surface area contributed by atoms with Gasteiger partial charge in [-0.1, -0.05) is 6.07 Å². The zero-order chi connectivity index (χ0) is 28.2. The van der Waals surface area contributed by atoms with E-state index in [-0.39, 0.29) is 25.1 Å². The number of nitrogens with zero attached hydrogens (tertiary/aromatic N) is 2. The van der Waals surface area contributed by atoms with E-state index in [0.29, 0.717) is 41.8 Å². The standard InChI is InChI=1S/C29H32FN5O5/c1-28(19-5-6-19)16-40-23-10-7-20(30)12-18(23)14-35(28)24(36)15-34-25(37)29(33-27(34)39)11-3-4-17-13-21(8-9-22(17)29)32-26(38)31-2/h7-10,12-13,19H,3-6,11,14-16H2,1-2H3,(H,33,39)(H2,31,32,38)/t28-,29+/m1/s1. The number of hydrogen-bond donors (Lipinski definition) is 3. The number of nitrogens with one attached hydrogen (secondary N) is 3. The fourth-order valence-corrected chi connectivity index (χ4v) is 6.39. The van der Waals surface area contributed by atoms with Gasteiger partial charge in [-0.3, -0.25) is 14.5 Å². The SMILES string of the molecule is CNC(=O)Nc1ccc2c(c1)CCC[C@]21NC(=O)N(CC(=O)N2Cc3cc(F)ccc3OC[C@]2(C)C2CC2)C1=O. The number of anilines is 1. The third kappa shape index (κ3) is 4.24. The number of rotatable bonds is 4. The number of carbonyl (C=O) groups excluding carboxylic acids is 4. The smallest absolute Gasteiger partial charge is 0.325 e. The number of urea groups is 2. The molecule has 2 heterocycles. The van der Waals surface area contributed by atoms with Gasteiger partial charge in [0.25, 0.3) is 5.91 Å². The maximum Gasteiger partial charge on any atom is 0.325 e. The zero-order valence-electron chi connectivity index (χ0n) is 22.5. The van der Waals surface area contributed by atoms with Gasteiger partial charge in [0.1, 0.15) is 30.3 Å². The van der Waals surface area contributed by atoms with Crippen LogP contribution in [0.15, 0.2) is 36.4 Å². The fraction of sp³-hybridized carbons (Fsp3) is 0.448. The Balaban J connectivity index is 1.27. The number of aryl methyl sites for hydroxylation is 1. The summed E-state index contributed by atoms with van der Waals surface area (Å²) in [6.45, 7) is 1.90. The van der Waals surface area contributed by atoms with E-state index in [4.69, 9.17) is 4.74 Å². The topological polar surface area (TPSA) is 120 Å². The van der Waals surface area contributed by atoms with Crippen LogP contribution in [0.1, 0.15) is 49.3 Å². The predicted molar refractivity (Wildman–Crippen MR) is 143 cm³/mol. The Morgan fingerprint density at radius 3 is 2.70 bits per heavy atom. The zero-order valence-corrected chi connectivity index (χ0v) is 22.5. The van der Waals surface area contributed by atoms with Gasteiger partial charge in [0.05, 0.1) is 12.1 Å². The van der Waals surface area contributed by atoms with E-state index < -0.39 is 41.3 Å². The van der Waals surface area contributed by atoms with Gasteiger partial charge in [0, 0.05) is 18.3 Å². The lowest BCUT2D eigenvalue weighted by molar-refractivity contribution is -0.145. The van der Waals surface area contributed by atoms with Gasteiger partial charge in [-0.15, -0.1) is 0 Å². The summed E-state index contributed by atoms with van der Waals surface area (Å²) in [4.78, 5) is 55.5. The minimum absolute atomic E-state index is 0.123. The molecule has 6 amide bonds. The molecule has 6 rings (SSSR count). The van der Waals surface area contributed by atoms with E-state index in [9.17, 15) is 23.6 Å². The quantitative estimate of drug-likeness (QED) is 0.506. The van der Waals surface area contributed by atoms with Crippen molar-refractivity contribution in [2.75, 3.05) is 25.5 Å². The highest BCUT2D eigenvalue weighted by Gasteiger charge is 2.56. The molecule has 2 aliphatic heterocycles. The highest BCUT2D eigenvalue weighted by molar-refractivity contribution is 6.09. The molecule has 210 valence electrons. The van der Waals surface area contributed by atoms with E-state index in [2.05, 4.69) is 16.0 Å². The van der Waals surface area contributed by atoms with Crippen LogP contribution in [-0.2, 0) is 28.1 Å². The van der Waals surface area contributed by atoms with Crippen molar-refractivity contribution in [1.29, 1.82) is 0 Å². The molecule has 2 atom stereocenters. The first-order chi connectivity index (χ1) is 19.1. The molecular formula is C29H32FN5O5. The fourth-order valence-electron chi connectivity index (χ4n) is 6.39. The van der Waals surface area contributed by atoms with E-state index in [1.165, 1.54) is 19.2 Å². The molecule has 3 N–H and O–H groups in total. The average molecular weight is 550 g/mol. The van der Waals surface area contributed by atoms with Crippen LogP contribution < -0.4 is 20.7 Å². The third-order valence-electron chi connectivity index (χ3n) is 8.76. The molecule has 11 heteroatoms. The van der Waals surface area contributed by atoms with Gasteiger partial charge in [-0.25, -0.2) is 14.0 Å². The first kappa shape index (κ1) is 26.1. The largest absolute Gasteiger partial charge is 0.491 e. The van der Waals surface area contributed by atoms with Gasteiger partial charge in [-0.05, 0) is 86.4 Å². The van der Waals surface area contributed by atoms with Crippen LogP contribution in [0.5, 0.6) is 5.75 Å². The van der Waals surface area contributed by atoms with Gasteiger partial charge < -0.3 is 25.6 Å². The van der Waals surface area contributed by atoms with E-state index in [1.54, 1.807) is 23.1 Å². The number of halogens is 1. The molecule has 40 heavy (non-hydrogen) atoms. The van der Waals surface area contributed by atoms with Gasteiger partial charge in [0.15, 0.2) is 0 Å². The molecule has 1 saturated carbocycles. The highest BCUT2D eigenvalue weighted by Crippen LogP contribution is 2.46. The van der Waals surface area contributed by atoms with Crippen molar-refractivity contribution < 1.29 is 28.3 Å². The lowest BCUT2D eigenvalue weighted by Gasteiger charge is -2.40. The summed E-state index contributed by atoms with van der Waals surface area (Å²) < 4.78 is 20.1. The molecule has 10 nitrogen and oxygen atoms in total. The van der Waals surface area contributed by atoms with E-state index >= 15 is 0 Å². The van der Waals surface area contributed by atoms with Crippen molar-refractivity contribution in [1.82, 2.24) is 20.4 Å². The minimum Gasteiger partial charge on any atom is -0.491 e. The van der Waals surface area contributed by atoms with E-state index in [1.807, 2.05) is 13.0 Å². The van der Waals surface area contributed by atoms with Crippen LogP contribution in [0, 0.1) is 11.7 Å². The van der Waals surface area contributed by atoms with Crippen molar-refractivity contribution in [3.05, 3.63) is 58.9 Å². The Morgan fingerprint density at radius 1 is 1.15 bits per heavy atom. The van der Waals surface area contributed by atoms with Crippen LogP contribution >= 0.6 is 0 Å². The Labute approximate surface area is 231 Å². The Morgan fingerprint density at radius 2 is 1.95 bits per heavy atom. The molecule has 2 aromatic rings. The summed E-state index contributed by atoms with van der Waals surface area (Å²) in [6, 6.07) is 8.55. The van der Waals surface area contributed by atoms with Crippen LogP contribution in [0.25, 0.3) is 0 Å². The minimum atomic E-state index is -1.27. The first-order valence-corrected chi connectivity index (χ1v) is 13.6. The van der Waals surface area contributed by atoms with Gasteiger partial charge >= 0.3 is 12.1 Å². The summed E-state index contributed by atoms with van der Waals surface area (Å²) in [5, 5.41) is 8.13. The Hall–Kier alpha value is -4.15. The molecule has 0 radical (unpaired) electrons. The number of carbonyl (C=O) groups is 4. The van der Waals surface area contributed by atoms with Crippen molar-refractivity contribution in [2.45, 2.75) is 56.7 Å². The lowest BCUT2D eigenvalue weighted by atomic mass is 9.76. The summed E-state index contributed by atoms with van der Waals surface area (Å²) >= 11 is 0. The molecule has 0 unspecified atom stereocenters. The summed E-state index contributed by atoms with van der Waals surface area (Å²) in [7, 11) is 1.52. The van der Waals surface area contributed by atoms with Gasteiger partial charge in [0.2, 0.25) is 5.91 Å². The second-order valence-corrected chi connectivity index (χ2v) is 11.3. The molecule has 2 aliphatic carbocycles. The van der Waals surface area contributed by atoms with Crippen LogP contribution in [-0.4, -0.2) is 59.4 Å². The average Bonchev–Trinajstić information content (AvgIpc) is 3.77. The van der Waals surface area contributed by atoms with E-state index in [0.717, 1.165) is 23.3 Å². The number of imide groups is 1. The Kier molecular flexibility index (Phi) is 6.19. The van der Waals surface area contributed by atoms with Crippen LogP contribution in [0.3, 0.4) is 0 Å². The molecule has 1 spiro atoms. The number of hydrogen-bond acceptors (Lipinski definition) is 5. The second-order valence-electron chi connectivity index (χ2n) is 11.3. The molecule has 0 aromatic heterocycles. The summed E-state index contributed by atoms with van der Waals surface area (Å²) in [6.07, 6.45) is 3.62. The molecule has 1 saturated heterocycles. The van der Waals surface area contributed by atoms with Crippen molar-refractivity contribution in [2.24, 2.45) is 5.92 Å². The molecule has 2 aromatic carbocycles. The van der Waals surface area contributed by atoms with Crippen LogP contribution in [0.4, 0.5) is 19.7 Å². The number of benzene rings is 2. The number of fused-ring (bicyclic) bond motifs is 3. The normalized spacial score (nSPS) is 25.5. The predicted octanol–water partition coefficient (Wildman–Crippen LogP) is 3.25. The molecule has 2 fully saturated rings. The lowest BCUT2D eigenvalue weighted by Crippen LogP contribution is -2.56. The van der Waals surface area contributed by atoms with Crippen LogP contribution in [0.2, 0.25) is 0 Å². The highest BCUT2D eigenvalue weighted by atomic mass is 19.1. The van der Waals surface area contributed by atoms with Crippen molar-refractivity contribution in [3.8, 4) is 5.75 Å². The number of amides is 6. The maximum absolute atomic E-state index is 14.1. The monoisotopic (exact) mass is 549 g/mol. The number of ether oxygens (including phenoxy) is 1. The van der Waals surface area contributed by atoms with Gasteiger partial charge in [-0.2, -0.15) is 0 Å². The summed E-state index contributed by atoms with van der Waals surface area (Å²) in [5.41, 5.74) is 0.729. The maximum atomic E-state index is 14.1. The Bertz CT molecular complexity index is 1430. The first-order valence-electron chi connectivity index (χ1n) is 13.6. The molecule has 0 bridgehead atoms. The van der Waals surface area contributed by atoms with Crippen molar-refractivity contribution in [3.63, 3.8) is 0 Å². The third-order valence-corrected chi connectivity index (χ3v) is 8.76. The van der Waals surface area contributed by atoms with Crippen molar-refractivity contribution >= 4 is 29.6 Å². The summed E-state index contributed by atoms with van der Waals surface area (Å²) in [5.74, 6) is -0.541. The molecular weight excluding hydrogens is 517 g/mol. The second kappa shape index (κ2) is 9.50. The molecule has 4 aliphatic rings.